The van der Waals surface area contributed by atoms with Crippen LogP contribution in [0.25, 0.3) is 0 Å². The molecule has 2 aromatic carbocycles. The molecule has 0 saturated carbocycles. The van der Waals surface area contributed by atoms with Crippen molar-refractivity contribution in [1.82, 2.24) is 5.32 Å². The van der Waals surface area contributed by atoms with Crippen molar-refractivity contribution in [3.05, 3.63) is 69.7 Å². The summed E-state index contributed by atoms with van der Waals surface area (Å²) in [6.45, 7) is 4.92. The molecule has 0 aliphatic carbocycles. The molecule has 0 fully saturated rings. The summed E-state index contributed by atoms with van der Waals surface area (Å²) in [6.07, 6.45) is 0. The van der Waals surface area contributed by atoms with Crippen molar-refractivity contribution in [2.75, 3.05) is 6.61 Å². The molecule has 1 N–H and O–H groups in total. The quantitative estimate of drug-likeness (QED) is 0.703. The van der Waals surface area contributed by atoms with E-state index in [1.807, 2.05) is 37.3 Å². The van der Waals surface area contributed by atoms with Crippen molar-refractivity contribution in [2.45, 2.75) is 26.4 Å². The average molecular weight is 399 g/mol. The van der Waals surface area contributed by atoms with Crippen LogP contribution < -0.4 is 5.32 Å². The molecule has 23 heavy (non-hydrogen) atoms. The minimum Gasteiger partial charge on any atom is -0.462 e. The molecule has 2 aromatic rings. The predicted octanol–water partition coefficient (Wildman–Crippen LogP) is 4.90. The first kappa shape index (κ1) is 19.7. The van der Waals surface area contributed by atoms with Crippen molar-refractivity contribution in [2.24, 2.45) is 0 Å². The molecule has 0 amide bonds. The second-order valence-corrected chi connectivity index (χ2v) is 5.95. The highest BCUT2D eigenvalue weighted by molar-refractivity contribution is 9.10. The van der Waals surface area contributed by atoms with Gasteiger partial charge in [-0.3, -0.25) is 0 Å². The summed E-state index contributed by atoms with van der Waals surface area (Å²) in [4.78, 5) is 12.0. The Hall–Kier alpha value is -1.36. The summed E-state index contributed by atoms with van der Waals surface area (Å²) >= 11 is 3.49. The maximum Gasteiger partial charge on any atom is 0.338 e. The molecule has 0 heterocycles. The minimum atomic E-state index is -0.269. The van der Waals surface area contributed by atoms with Crippen LogP contribution in [0.4, 0.5) is 0 Å². The first-order valence-corrected chi connectivity index (χ1v) is 8.15. The van der Waals surface area contributed by atoms with E-state index < -0.39 is 0 Å². The van der Waals surface area contributed by atoms with Gasteiger partial charge in [0, 0.05) is 17.1 Å². The van der Waals surface area contributed by atoms with Crippen LogP contribution >= 0.6 is 28.3 Å². The van der Waals surface area contributed by atoms with Crippen molar-refractivity contribution >= 4 is 34.3 Å². The van der Waals surface area contributed by atoms with E-state index in [-0.39, 0.29) is 24.4 Å². The van der Waals surface area contributed by atoms with Gasteiger partial charge in [-0.15, -0.1) is 12.4 Å². The lowest BCUT2D eigenvalue weighted by Gasteiger charge is -2.16. The average Bonchev–Trinajstić information content (AvgIpc) is 2.53. The second-order valence-electron chi connectivity index (χ2n) is 5.04. The zero-order valence-electron chi connectivity index (χ0n) is 13.2. The van der Waals surface area contributed by atoms with Crippen LogP contribution in [0.2, 0.25) is 0 Å². The highest BCUT2D eigenvalue weighted by Gasteiger charge is 2.12. The number of ether oxygens (including phenoxy) is 1. The summed E-state index contributed by atoms with van der Waals surface area (Å²) in [5, 5.41) is 3.45. The van der Waals surface area contributed by atoms with E-state index in [9.17, 15) is 4.79 Å². The Morgan fingerprint density at radius 2 is 1.96 bits per heavy atom. The minimum absolute atomic E-state index is 0. The Morgan fingerprint density at radius 1 is 1.22 bits per heavy atom. The summed E-state index contributed by atoms with van der Waals surface area (Å²) in [5.74, 6) is -0.269. The molecule has 5 heteroatoms. The largest absolute Gasteiger partial charge is 0.462 e. The molecule has 1 atom stereocenters. The molecule has 0 spiro atoms. The van der Waals surface area contributed by atoms with E-state index in [1.165, 1.54) is 5.56 Å². The lowest BCUT2D eigenvalue weighted by atomic mass is 10.1. The second kappa shape index (κ2) is 9.71. The Labute approximate surface area is 152 Å². The van der Waals surface area contributed by atoms with Gasteiger partial charge in [0.15, 0.2) is 0 Å². The van der Waals surface area contributed by atoms with E-state index in [0.29, 0.717) is 18.7 Å². The highest BCUT2D eigenvalue weighted by Crippen LogP contribution is 2.19. The fraction of sp³-hybridized carbons (Fsp3) is 0.278. The Kier molecular flexibility index (Phi) is 8.31. The summed E-state index contributed by atoms with van der Waals surface area (Å²) in [5.41, 5.74) is 2.77. The Bertz CT molecular complexity index is 648. The van der Waals surface area contributed by atoms with Crippen molar-refractivity contribution < 1.29 is 9.53 Å². The van der Waals surface area contributed by atoms with Gasteiger partial charge in [-0.2, -0.15) is 0 Å². The molecule has 0 radical (unpaired) electrons. The molecule has 0 unspecified atom stereocenters. The van der Waals surface area contributed by atoms with Crippen molar-refractivity contribution in [1.29, 1.82) is 0 Å². The van der Waals surface area contributed by atoms with Gasteiger partial charge in [0.2, 0.25) is 0 Å². The number of benzene rings is 2. The number of halogens is 2. The molecule has 2 rings (SSSR count). The number of hydrogen-bond donors (Lipinski definition) is 1. The molecule has 0 aliphatic heterocycles. The predicted molar refractivity (Wildman–Crippen MR) is 99.0 cm³/mol. The Balaban J connectivity index is 0.00000264. The summed E-state index contributed by atoms with van der Waals surface area (Å²) in [7, 11) is 0. The third kappa shape index (κ3) is 5.65. The Morgan fingerprint density at radius 3 is 2.65 bits per heavy atom. The van der Waals surface area contributed by atoms with Crippen LogP contribution in [0.15, 0.2) is 53.0 Å². The van der Waals surface area contributed by atoms with Gasteiger partial charge in [0.25, 0.3) is 0 Å². The van der Waals surface area contributed by atoms with Crippen molar-refractivity contribution in [3.8, 4) is 0 Å². The van der Waals surface area contributed by atoms with Gasteiger partial charge in [-0.1, -0.05) is 46.3 Å². The van der Waals surface area contributed by atoms with Crippen LogP contribution in [0.1, 0.15) is 41.4 Å². The third-order valence-corrected chi connectivity index (χ3v) is 3.95. The van der Waals surface area contributed by atoms with Gasteiger partial charge < -0.3 is 10.1 Å². The molecule has 124 valence electrons. The number of carbonyl (C=O) groups excluding carboxylic acids is 1. The first-order valence-electron chi connectivity index (χ1n) is 7.35. The lowest BCUT2D eigenvalue weighted by Crippen LogP contribution is -2.20. The molecule has 0 aromatic heterocycles. The molecule has 3 nitrogen and oxygen atoms in total. The van der Waals surface area contributed by atoms with Crippen molar-refractivity contribution in [3.63, 3.8) is 0 Å². The molecular weight excluding hydrogens is 378 g/mol. The van der Waals surface area contributed by atoms with Gasteiger partial charge in [-0.25, -0.2) is 4.79 Å². The monoisotopic (exact) mass is 397 g/mol. The number of carbonyl (C=O) groups is 1. The smallest absolute Gasteiger partial charge is 0.338 e. The van der Waals surface area contributed by atoms with Gasteiger partial charge in [0.05, 0.1) is 12.2 Å². The molecule has 0 bridgehead atoms. The van der Waals surface area contributed by atoms with Crippen LogP contribution in [-0.4, -0.2) is 12.6 Å². The van der Waals surface area contributed by atoms with E-state index in [2.05, 4.69) is 40.3 Å². The third-order valence-electron chi connectivity index (χ3n) is 3.46. The standard InChI is InChI=1S/C18H20BrNO2.ClH/c1-3-22-18(21)17-10-5-4-7-15(17)12-20-13(2)14-8-6-9-16(19)11-14;/h4-11,13,20H,3,12H2,1-2H3;1H/t13-;/m0./s1. The maximum absolute atomic E-state index is 12.0. The summed E-state index contributed by atoms with van der Waals surface area (Å²) in [6, 6.07) is 15.9. The molecular formula is C18H21BrClNO2. The van der Waals surface area contributed by atoms with Crippen LogP contribution in [0, 0.1) is 0 Å². The van der Waals surface area contributed by atoms with Gasteiger partial charge in [0.1, 0.15) is 0 Å². The van der Waals surface area contributed by atoms with E-state index in [1.54, 1.807) is 6.07 Å². The zero-order chi connectivity index (χ0) is 15.9. The SMILES string of the molecule is CCOC(=O)c1ccccc1CN[C@@H](C)c1cccc(Br)c1.Cl. The van der Waals surface area contributed by atoms with Crippen LogP contribution in [0.5, 0.6) is 0 Å². The molecule has 0 aliphatic rings. The van der Waals surface area contributed by atoms with Gasteiger partial charge >= 0.3 is 5.97 Å². The highest BCUT2D eigenvalue weighted by atomic mass is 79.9. The van der Waals surface area contributed by atoms with Crippen LogP contribution in [-0.2, 0) is 11.3 Å². The first-order chi connectivity index (χ1) is 10.6. The number of rotatable bonds is 6. The van der Waals surface area contributed by atoms with E-state index in [4.69, 9.17) is 4.74 Å². The summed E-state index contributed by atoms with van der Waals surface area (Å²) < 4.78 is 6.16. The number of hydrogen-bond acceptors (Lipinski definition) is 3. The zero-order valence-corrected chi connectivity index (χ0v) is 15.6. The fourth-order valence-electron chi connectivity index (χ4n) is 2.24. The number of esters is 1. The topological polar surface area (TPSA) is 38.3 Å². The normalized spacial score (nSPS) is 11.4. The van der Waals surface area contributed by atoms with Gasteiger partial charge in [-0.05, 0) is 43.2 Å². The van der Waals surface area contributed by atoms with Crippen LogP contribution in [0.3, 0.4) is 0 Å². The lowest BCUT2D eigenvalue weighted by molar-refractivity contribution is 0.0525. The fourth-order valence-corrected chi connectivity index (χ4v) is 2.66. The van der Waals surface area contributed by atoms with E-state index >= 15 is 0 Å². The van der Waals surface area contributed by atoms with E-state index in [0.717, 1.165) is 10.0 Å². The number of nitrogens with one attached hydrogen (secondary N) is 1. The molecule has 0 saturated heterocycles. The maximum atomic E-state index is 12.0.